The van der Waals surface area contributed by atoms with Crippen LogP contribution < -0.4 is 0 Å². The van der Waals surface area contributed by atoms with Crippen molar-refractivity contribution in [3.63, 3.8) is 0 Å². The fourth-order valence-corrected chi connectivity index (χ4v) is 3.45. The third-order valence-electron chi connectivity index (χ3n) is 4.80. The molecule has 134 valence electrons. The van der Waals surface area contributed by atoms with Gasteiger partial charge in [-0.1, -0.05) is 0 Å². The zero-order valence-corrected chi connectivity index (χ0v) is 13.7. The lowest BCUT2D eigenvalue weighted by atomic mass is 9.89. The summed E-state index contributed by atoms with van der Waals surface area (Å²) in [4.78, 5) is 37.7. The van der Waals surface area contributed by atoms with E-state index in [4.69, 9.17) is 9.84 Å². The van der Waals surface area contributed by atoms with E-state index in [9.17, 15) is 18.8 Å². The van der Waals surface area contributed by atoms with Crippen LogP contribution in [0.15, 0.2) is 24.3 Å². The van der Waals surface area contributed by atoms with Gasteiger partial charge in [0.05, 0.1) is 0 Å². The Morgan fingerprint density at radius 1 is 1.08 bits per heavy atom. The Labute approximate surface area is 144 Å². The molecule has 3 atom stereocenters. The number of hydrogen-bond acceptors (Lipinski definition) is 4. The van der Waals surface area contributed by atoms with E-state index in [2.05, 4.69) is 0 Å². The number of nitrogens with zero attached hydrogens (tertiary/aromatic N) is 1. The number of carboxylic acid groups (broad SMARTS) is 1. The maximum Gasteiger partial charge on any atom is 0.332 e. The number of carbonyl (C=O) groups is 3. The summed E-state index contributed by atoms with van der Waals surface area (Å²) in [6.45, 7) is 0.816. The molecule has 1 amide bonds. The Morgan fingerprint density at radius 2 is 1.76 bits per heavy atom. The first kappa shape index (κ1) is 17.5. The van der Waals surface area contributed by atoms with E-state index in [1.54, 1.807) is 4.90 Å². The minimum atomic E-state index is -1.06. The van der Waals surface area contributed by atoms with Crippen molar-refractivity contribution in [2.24, 2.45) is 5.92 Å². The molecule has 0 radical (unpaired) electrons. The number of hydrogen-bond donors (Lipinski definition) is 1. The molecule has 2 aliphatic rings. The number of piperidine rings is 1. The van der Waals surface area contributed by atoms with Crippen LogP contribution in [0.1, 0.15) is 36.0 Å². The van der Waals surface area contributed by atoms with Gasteiger partial charge in [-0.15, -0.1) is 0 Å². The number of aliphatic carboxylic acids is 1. The number of Topliss-reactive ketones (excluding diaryl/α,β-unsaturated/α-hetero) is 1. The van der Waals surface area contributed by atoms with Crippen molar-refractivity contribution in [2.45, 2.75) is 37.9 Å². The second kappa shape index (κ2) is 7.31. The molecule has 2 fully saturated rings. The van der Waals surface area contributed by atoms with E-state index in [1.807, 2.05) is 0 Å². The van der Waals surface area contributed by atoms with E-state index >= 15 is 0 Å². The first-order valence-corrected chi connectivity index (χ1v) is 8.42. The van der Waals surface area contributed by atoms with Crippen molar-refractivity contribution in [3.05, 3.63) is 35.6 Å². The van der Waals surface area contributed by atoms with Crippen LogP contribution in [0.2, 0.25) is 0 Å². The maximum absolute atomic E-state index is 13.0. The quantitative estimate of drug-likeness (QED) is 0.839. The lowest BCUT2D eigenvalue weighted by Crippen LogP contribution is -2.46. The molecule has 0 aromatic heterocycles. The topological polar surface area (TPSA) is 83.9 Å². The Bertz CT molecular complexity index is 675. The zero-order valence-electron chi connectivity index (χ0n) is 13.7. The molecule has 7 heteroatoms. The molecule has 1 aromatic rings. The Morgan fingerprint density at radius 3 is 2.40 bits per heavy atom. The van der Waals surface area contributed by atoms with Gasteiger partial charge in [0.1, 0.15) is 11.9 Å². The van der Waals surface area contributed by atoms with E-state index in [0.717, 1.165) is 0 Å². The number of amides is 1. The molecule has 0 spiro atoms. The van der Waals surface area contributed by atoms with Gasteiger partial charge in [-0.2, -0.15) is 0 Å². The second-order valence-corrected chi connectivity index (χ2v) is 6.52. The number of ether oxygens (including phenoxy) is 1. The van der Waals surface area contributed by atoms with Gasteiger partial charge >= 0.3 is 5.97 Å². The van der Waals surface area contributed by atoms with Gasteiger partial charge in [0, 0.05) is 24.6 Å². The van der Waals surface area contributed by atoms with E-state index < -0.39 is 24.0 Å². The van der Waals surface area contributed by atoms with Gasteiger partial charge in [-0.05, 0) is 49.9 Å². The molecular weight excluding hydrogens is 329 g/mol. The third-order valence-corrected chi connectivity index (χ3v) is 4.80. The highest BCUT2D eigenvalue weighted by Crippen LogP contribution is 2.26. The molecule has 6 nitrogen and oxygen atoms in total. The normalized spacial score (nSPS) is 26.4. The number of carboxylic acids is 1. The van der Waals surface area contributed by atoms with Crippen LogP contribution in [0.3, 0.4) is 0 Å². The van der Waals surface area contributed by atoms with Crippen LogP contribution in [-0.2, 0) is 14.3 Å². The predicted octanol–water partition coefficient (Wildman–Crippen LogP) is 1.88. The Hall–Kier alpha value is -2.28. The summed E-state index contributed by atoms with van der Waals surface area (Å²) in [7, 11) is 0. The van der Waals surface area contributed by atoms with Crippen molar-refractivity contribution in [2.75, 3.05) is 13.1 Å². The molecule has 2 aliphatic heterocycles. The van der Waals surface area contributed by atoms with Gasteiger partial charge in [0.2, 0.25) is 0 Å². The van der Waals surface area contributed by atoms with Crippen LogP contribution in [-0.4, -0.2) is 53.0 Å². The number of rotatable bonds is 4. The van der Waals surface area contributed by atoms with E-state index in [-0.39, 0.29) is 24.2 Å². The molecule has 2 saturated heterocycles. The number of halogens is 1. The minimum Gasteiger partial charge on any atom is -0.479 e. The molecule has 0 aliphatic carbocycles. The average molecular weight is 349 g/mol. The van der Waals surface area contributed by atoms with Crippen molar-refractivity contribution < 1.29 is 28.6 Å². The predicted molar refractivity (Wildman–Crippen MR) is 85.6 cm³/mol. The fraction of sp³-hybridized carbons (Fsp3) is 0.500. The first-order valence-electron chi connectivity index (χ1n) is 8.42. The van der Waals surface area contributed by atoms with Gasteiger partial charge in [0.25, 0.3) is 5.91 Å². The lowest BCUT2D eigenvalue weighted by Gasteiger charge is -2.33. The maximum atomic E-state index is 13.0. The standard InChI is InChI=1S/C18H20FNO5/c19-13-5-3-11(4-6-13)16(21)12-2-1-9-20(10-12)17(22)14-7-8-15(25-14)18(23)24/h3-6,12,14-15H,1-2,7-10H2,(H,23,24)/t12?,14-,15+/m0/s1. The van der Waals surface area contributed by atoms with Crippen LogP contribution in [0.4, 0.5) is 4.39 Å². The summed E-state index contributed by atoms with van der Waals surface area (Å²) in [5.41, 5.74) is 0.434. The summed E-state index contributed by atoms with van der Waals surface area (Å²) in [6.07, 6.45) is 0.374. The molecule has 0 saturated carbocycles. The molecule has 0 bridgehead atoms. The van der Waals surface area contributed by atoms with Crippen molar-refractivity contribution in [1.29, 1.82) is 0 Å². The summed E-state index contributed by atoms with van der Waals surface area (Å²) in [5.74, 6) is -2.14. The van der Waals surface area contributed by atoms with E-state index in [1.165, 1.54) is 24.3 Å². The smallest absolute Gasteiger partial charge is 0.332 e. The molecule has 1 unspecified atom stereocenters. The summed E-state index contributed by atoms with van der Waals surface area (Å²) < 4.78 is 18.3. The van der Waals surface area contributed by atoms with Crippen LogP contribution >= 0.6 is 0 Å². The number of carbonyl (C=O) groups excluding carboxylic acids is 2. The lowest BCUT2D eigenvalue weighted by molar-refractivity contribution is -0.155. The van der Waals surface area contributed by atoms with Crippen molar-refractivity contribution in [3.8, 4) is 0 Å². The number of likely N-dealkylation sites (tertiary alicyclic amines) is 1. The average Bonchev–Trinajstić information content (AvgIpc) is 3.12. The largest absolute Gasteiger partial charge is 0.479 e. The minimum absolute atomic E-state index is 0.103. The molecule has 1 N–H and O–H groups in total. The van der Waals surface area contributed by atoms with Crippen LogP contribution in [0, 0.1) is 11.7 Å². The van der Waals surface area contributed by atoms with Crippen LogP contribution in [0.25, 0.3) is 0 Å². The molecule has 3 rings (SSSR count). The first-order chi connectivity index (χ1) is 12.0. The SMILES string of the molecule is O=C(c1ccc(F)cc1)C1CCCN(C(=O)[C@@H]2CC[C@H](C(=O)O)O2)C1. The number of benzene rings is 1. The molecular formula is C18H20FNO5. The summed E-state index contributed by atoms with van der Waals surface area (Å²) in [6, 6.07) is 5.40. The van der Waals surface area contributed by atoms with Gasteiger partial charge < -0.3 is 14.7 Å². The molecule has 2 heterocycles. The molecule has 25 heavy (non-hydrogen) atoms. The third kappa shape index (κ3) is 3.87. The highest BCUT2D eigenvalue weighted by Gasteiger charge is 2.38. The Kier molecular flexibility index (Phi) is 5.13. The van der Waals surface area contributed by atoms with Gasteiger partial charge in [-0.25, -0.2) is 9.18 Å². The van der Waals surface area contributed by atoms with Gasteiger partial charge in [-0.3, -0.25) is 9.59 Å². The summed E-state index contributed by atoms with van der Waals surface area (Å²) in [5, 5.41) is 8.96. The Balaban J connectivity index is 1.63. The van der Waals surface area contributed by atoms with E-state index in [0.29, 0.717) is 37.8 Å². The zero-order chi connectivity index (χ0) is 18.0. The van der Waals surface area contributed by atoms with Crippen LogP contribution in [0.5, 0.6) is 0 Å². The van der Waals surface area contributed by atoms with Crippen molar-refractivity contribution >= 4 is 17.7 Å². The monoisotopic (exact) mass is 349 g/mol. The molecule has 1 aromatic carbocycles. The summed E-state index contributed by atoms with van der Waals surface area (Å²) >= 11 is 0. The fourth-order valence-electron chi connectivity index (χ4n) is 3.45. The van der Waals surface area contributed by atoms with Gasteiger partial charge in [0.15, 0.2) is 11.9 Å². The second-order valence-electron chi connectivity index (χ2n) is 6.52. The number of ketones is 1. The highest BCUT2D eigenvalue weighted by atomic mass is 19.1. The highest BCUT2D eigenvalue weighted by molar-refractivity contribution is 5.98. The van der Waals surface area contributed by atoms with Crippen molar-refractivity contribution in [1.82, 2.24) is 4.90 Å².